The average Bonchev–Trinajstić information content (AvgIpc) is 1.62. The van der Waals surface area contributed by atoms with E-state index in [1.165, 1.54) is 6.92 Å². The number of sulfone groups is 1. The summed E-state index contributed by atoms with van der Waals surface area (Å²) in [6, 6.07) is 0. The molecule has 0 spiro atoms. The van der Waals surface area contributed by atoms with Gasteiger partial charge in [-0.05, 0) is 6.92 Å². The lowest BCUT2D eigenvalue weighted by atomic mass is 10.5. The monoisotopic (exact) mass is 151 g/mol. The van der Waals surface area contributed by atoms with Crippen LogP contribution in [0, 0.1) is 0 Å². The van der Waals surface area contributed by atoms with Crippen LogP contribution in [0.3, 0.4) is 0 Å². The molecule has 9 heavy (non-hydrogen) atoms. The molecule has 0 bridgehead atoms. The van der Waals surface area contributed by atoms with Gasteiger partial charge in [0.15, 0.2) is 9.84 Å². The van der Waals surface area contributed by atoms with Crippen molar-refractivity contribution in [3.05, 3.63) is 0 Å². The van der Waals surface area contributed by atoms with Gasteiger partial charge in [-0.15, -0.1) is 0 Å². The Bertz CT molecular complexity index is 204. The van der Waals surface area contributed by atoms with Gasteiger partial charge in [-0.25, -0.2) is 8.42 Å². The molecule has 0 unspecified atom stereocenters. The molecule has 0 aromatic carbocycles. The number of oxime groups is 1. The van der Waals surface area contributed by atoms with Crippen molar-refractivity contribution in [1.82, 2.24) is 0 Å². The van der Waals surface area contributed by atoms with Gasteiger partial charge < -0.3 is 5.21 Å². The van der Waals surface area contributed by atoms with Crippen LogP contribution in [0.4, 0.5) is 0 Å². The minimum absolute atomic E-state index is 0.177. The van der Waals surface area contributed by atoms with Gasteiger partial charge in [0.1, 0.15) is 0 Å². The summed E-state index contributed by atoms with van der Waals surface area (Å²) in [5, 5.41) is 10.7. The van der Waals surface area contributed by atoms with E-state index >= 15 is 0 Å². The molecule has 0 amide bonds. The summed E-state index contributed by atoms with van der Waals surface area (Å²) in [5.41, 5.74) is 0.206. The topological polar surface area (TPSA) is 66.7 Å². The first-order chi connectivity index (χ1) is 3.95. The highest BCUT2D eigenvalue weighted by Gasteiger charge is 2.03. The molecule has 0 rings (SSSR count). The maximum atomic E-state index is 10.4. The molecule has 0 aliphatic heterocycles. The van der Waals surface area contributed by atoms with Crippen molar-refractivity contribution in [2.75, 3.05) is 12.0 Å². The van der Waals surface area contributed by atoms with E-state index in [-0.39, 0.29) is 11.5 Å². The minimum Gasteiger partial charge on any atom is -0.411 e. The van der Waals surface area contributed by atoms with Gasteiger partial charge in [0, 0.05) is 6.26 Å². The molecule has 0 atom stereocenters. The molecule has 0 aromatic heterocycles. The quantitative estimate of drug-likeness (QED) is 0.340. The van der Waals surface area contributed by atoms with Crippen LogP contribution in [0.1, 0.15) is 6.92 Å². The Balaban J connectivity index is 4.07. The summed E-state index contributed by atoms with van der Waals surface area (Å²) in [4.78, 5) is 0. The van der Waals surface area contributed by atoms with Crippen LogP contribution in [-0.2, 0) is 9.84 Å². The summed E-state index contributed by atoms with van der Waals surface area (Å²) >= 11 is 0. The van der Waals surface area contributed by atoms with Crippen molar-refractivity contribution in [1.29, 1.82) is 0 Å². The van der Waals surface area contributed by atoms with Crippen LogP contribution in [0.2, 0.25) is 0 Å². The lowest BCUT2D eigenvalue weighted by molar-refractivity contribution is 0.318. The van der Waals surface area contributed by atoms with Gasteiger partial charge in [-0.3, -0.25) is 0 Å². The van der Waals surface area contributed by atoms with Gasteiger partial charge in [-0.1, -0.05) is 5.16 Å². The highest BCUT2D eigenvalue weighted by atomic mass is 32.2. The van der Waals surface area contributed by atoms with E-state index in [2.05, 4.69) is 5.16 Å². The largest absolute Gasteiger partial charge is 0.411 e. The Hall–Kier alpha value is -0.580. The number of hydrogen-bond donors (Lipinski definition) is 1. The van der Waals surface area contributed by atoms with E-state index in [0.717, 1.165) is 6.26 Å². The van der Waals surface area contributed by atoms with Gasteiger partial charge >= 0.3 is 0 Å². The lowest BCUT2D eigenvalue weighted by Crippen LogP contribution is -2.10. The number of nitrogens with zero attached hydrogens (tertiary/aromatic N) is 1. The summed E-state index contributed by atoms with van der Waals surface area (Å²) in [6.07, 6.45) is 1.08. The first-order valence-electron chi connectivity index (χ1n) is 2.31. The van der Waals surface area contributed by atoms with E-state index < -0.39 is 9.84 Å². The fourth-order valence-corrected chi connectivity index (χ4v) is 1.22. The van der Waals surface area contributed by atoms with Crippen molar-refractivity contribution < 1.29 is 13.6 Å². The van der Waals surface area contributed by atoms with E-state index in [0.29, 0.717) is 0 Å². The zero-order valence-corrected chi connectivity index (χ0v) is 6.14. The molecule has 0 aliphatic rings. The molecule has 0 aliphatic carbocycles. The van der Waals surface area contributed by atoms with Crippen LogP contribution in [0.5, 0.6) is 0 Å². The molecule has 54 valence electrons. The highest BCUT2D eigenvalue weighted by Crippen LogP contribution is 1.84. The van der Waals surface area contributed by atoms with Crippen molar-refractivity contribution >= 4 is 15.5 Å². The van der Waals surface area contributed by atoms with Crippen molar-refractivity contribution in [2.45, 2.75) is 6.92 Å². The second-order valence-corrected chi connectivity index (χ2v) is 4.05. The predicted octanol–water partition coefficient (Wildman–Crippen LogP) is -0.119. The zero-order chi connectivity index (χ0) is 7.49. The maximum absolute atomic E-state index is 10.4. The van der Waals surface area contributed by atoms with Gasteiger partial charge in [0.05, 0.1) is 11.5 Å². The third kappa shape index (κ3) is 5.29. The Morgan fingerprint density at radius 3 is 2.22 bits per heavy atom. The van der Waals surface area contributed by atoms with E-state index in [1.807, 2.05) is 0 Å². The molecule has 1 N–H and O–H groups in total. The Labute approximate surface area is 54.1 Å². The highest BCUT2D eigenvalue weighted by molar-refractivity contribution is 7.91. The molecule has 0 heterocycles. The first kappa shape index (κ1) is 8.42. The molecule has 5 heteroatoms. The van der Waals surface area contributed by atoms with E-state index in [9.17, 15) is 8.42 Å². The Morgan fingerprint density at radius 2 is 2.11 bits per heavy atom. The standard InChI is InChI=1S/C4H9NO3S/c1-4(5-6)3-9(2,7)8/h6H,3H2,1-2H3/b5-4-. The zero-order valence-electron chi connectivity index (χ0n) is 5.33. The molecule has 0 radical (unpaired) electrons. The Kier molecular flexibility index (Phi) is 2.64. The molecule has 0 saturated carbocycles. The van der Waals surface area contributed by atoms with Crippen LogP contribution in [-0.4, -0.2) is 31.3 Å². The fraction of sp³-hybridized carbons (Fsp3) is 0.750. The third-order valence-corrected chi connectivity index (χ3v) is 1.58. The summed E-state index contributed by atoms with van der Waals surface area (Å²) in [6.45, 7) is 1.45. The summed E-state index contributed by atoms with van der Waals surface area (Å²) < 4.78 is 20.8. The molecular weight excluding hydrogens is 142 g/mol. The molecular formula is C4H9NO3S. The van der Waals surface area contributed by atoms with Crippen molar-refractivity contribution in [3.8, 4) is 0 Å². The van der Waals surface area contributed by atoms with E-state index in [4.69, 9.17) is 5.21 Å². The first-order valence-corrected chi connectivity index (χ1v) is 4.37. The van der Waals surface area contributed by atoms with Gasteiger partial charge in [0.2, 0.25) is 0 Å². The van der Waals surface area contributed by atoms with Gasteiger partial charge in [-0.2, -0.15) is 0 Å². The van der Waals surface area contributed by atoms with Crippen LogP contribution in [0.15, 0.2) is 5.16 Å². The third-order valence-electron chi connectivity index (χ3n) is 0.642. The summed E-state index contributed by atoms with van der Waals surface area (Å²) in [5.74, 6) is -0.177. The smallest absolute Gasteiger partial charge is 0.152 e. The number of hydrogen-bond acceptors (Lipinski definition) is 4. The van der Waals surface area contributed by atoms with Crippen molar-refractivity contribution in [2.24, 2.45) is 5.16 Å². The fourth-order valence-electron chi connectivity index (χ4n) is 0.408. The van der Waals surface area contributed by atoms with E-state index in [1.54, 1.807) is 0 Å². The predicted molar refractivity (Wildman–Crippen MR) is 34.6 cm³/mol. The van der Waals surface area contributed by atoms with Crippen LogP contribution >= 0.6 is 0 Å². The average molecular weight is 151 g/mol. The summed E-state index contributed by atoms with van der Waals surface area (Å²) in [7, 11) is -3.03. The lowest BCUT2D eigenvalue weighted by Gasteiger charge is -1.92. The second-order valence-electron chi connectivity index (χ2n) is 1.91. The maximum Gasteiger partial charge on any atom is 0.152 e. The number of rotatable bonds is 2. The normalized spacial score (nSPS) is 13.8. The molecule has 4 nitrogen and oxygen atoms in total. The SMILES string of the molecule is C/C(CS(C)(=O)=O)=N/O. The second kappa shape index (κ2) is 2.82. The van der Waals surface area contributed by atoms with Crippen LogP contribution in [0.25, 0.3) is 0 Å². The van der Waals surface area contributed by atoms with Gasteiger partial charge in [0.25, 0.3) is 0 Å². The molecule has 0 aromatic rings. The Morgan fingerprint density at radius 1 is 1.67 bits per heavy atom. The minimum atomic E-state index is -3.03. The van der Waals surface area contributed by atoms with Crippen LogP contribution < -0.4 is 0 Å². The molecule has 0 saturated heterocycles. The van der Waals surface area contributed by atoms with Crippen molar-refractivity contribution in [3.63, 3.8) is 0 Å². The molecule has 0 fully saturated rings.